The number of hydrogen-bond acceptors (Lipinski definition) is 3. The molecule has 1 heterocycles. The van der Waals surface area contributed by atoms with Crippen molar-refractivity contribution in [1.29, 1.82) is 0 Å². The maximum Gasteiger partial charge on any atom is 0.267 e. The Balaban J connectivity index is 1.92. The Kier molecular flexibility index (Phi) is 5.72. The zero-order chi connectivity index (χ0) is 19.4. The van der Waals surface area contributed by atoms with Gasteiger partial charge in [-0.2, -0.15) is 5.10 Å². The molecule has 1 atom stereocenters. The number of nitrogens with one attached hydrogen (secondary N) is 1. The highest BCUT2D eigenvalue weighted by molar-refractivity contribution is 6.30. The average molecular weight is 382 g/mol. The van der Waals surface area contributed by atoms with Gasteiger partial charge >= 0.3 is 0 Å². The van der Waals surface area contributed by atoms with Gasteiger partial charge in [-0.25, -0.2) is 4.68 Å². The molecule has 0 bridgehead atoms. The second kappa shape index (κ2) is 8.18. The van der Waals surface area contributed by atoms with Crippen molar-refractivity contribution in [2.75, 3.05) is 5.32 Å². The molecule has 0 fully saturated rings. The highest BCUT2D eigenvalue weighted by atomic mass is 35.5. The molecule has 3 rings (SSSR count). The van der Waals surface area contributed by atoms with Crippen LogP contribution in [-0.4, -0.2) is 15.7 Å². The number of anilines is 1. The first-order chi connectivity index (χ1) is 13.0. The number of aromatic nitrogens is 2. The molecular formula is C21H20ClN3O2. The van der Waals surface area contributed by atoms with Crippen molar-refractivity contribution in [3.63, 3.8) is 0 Å². The minimum absolute atomic E-state index is 0.310. The van der Waals surface area contributed by atoms with Gasteiger partial charge in [0.25, 0.3) is 5.56 Å². The fraction of sp³-hybridized carbons (Fsp3) is 0.190. The number of rotatable bonds is 5. The van der Waals surface area contributed by atoms with Gasteiger partial charge in [0.15, 0.2) is 0 Å². The van der Waals surface area contributed by atoms with Crippen molar-refractivity contribution in [3.05, 3.63) is 81.6 Å². The van der Waals surface area contributed by atoms with Crippen molar-refractivity contribution in [1.82, 2.24) is 9.78 Å². The lowest BCUT2D eigenvalue weighted by Gasteiger charge is -2.17. The lowest BCUT2D eigenvalue weighted by molar-refractivity contribution is -0.119. The average Bonchev–Trinajstić information content (AvgIpc) is 2.64. The third-order valence-electron chi connectivity index (χ3n) is 4.25. The van der Waals surface area contributed by atoms with E-state index in [4.69, 9.17) is 11.6 Å². The second-order valence-electron chi connectivity index (χ2n) is 6.29. The monoisotopic (exact) mass is 381 g/mol. The molecule has 0 aliphatic carbocycles. The molecular weight excluding hydrogens is 362 g/mol. The second-order valence-corrected chi connectivity index (χ2v) is 6.73. The van der Waals surface area contributed by atoms with Crippen LogP contribution in [0.3, 0.4) is 0 Å². The molecule has 0 unspecified atom stereocenters. The largest absolute Gasteiger partial charge is 0.324 e. The lowest BCUT2D eigenvalue weighted by atomic mass is 10.1. The number of halogens is 1. The number of aryl methyl sites for hydroxylation is 1. The van der Waals surface area contributed by atoms with Crippen LogP contribution in [-0.2, 0) is 4.79 Å². The summed E-state index contributed by atoms with van der Waals surface area (Å²) in [5.74, 6) is -0.310. The summed E-state index contributed by atoms with van der Waals surface area (Å²) < 4.78 is 1.25. The van der Waals surface area contributed by atoms with E-state index in [1.807, 2.05) is 38.1 Å². The van der Waals surface area contributed by atoms with Crippen LogP contribution in [0.25, 0.3) is 11.3 Å². The van der Waals surface area contributed by atoms with Crippen LogP contribution < -0.4 is 10.9 Å². The molecule has 27 heavy (non-hydrogen) atoms. The molecule has 1 N–H and O–H groups in total. The Morgan fingerprint density at radius 1 is 1.15 bits per heavy atom. The van der Waals surface area contributed by atoms with E-state index in [2.05, 4.69) is 10.4 Å². The topological polar surface area (TPSA) is 64.0 Å². The first-order valence-corrected chi connectivity index (χ1v) is 9.09. The van der Waals surface area contributed by atoms with Crippen LogP contribution in [0.15, 0.2) is 65.5 Å². The number of hydrogen-bond donors (Lipinski definition) is 1. The van der Waals surface area contributed by atoms with E-state index in [1.165, 1.54) is 10.7 Å². The summed E-state index contributed by atoms with van der Waals surface area (Å²) in [5.41, 5.74) is 2.93. The van der Waals surface area contributed by atoms with Crippen molar-refractivity contribution < 1.29 is 4.79 Å². The SMILES string of the molecule is CC[C@@H](C(=O)Nc1cccc(Cl)c1)n1nc(-c2ccc(C)cc2)ccc1=O. The Labute approximate surface area is 162 Å². The molecule has 5 nitrogen and oxygen atoms in total. The summed E-state index contributed by atoms with van der Waals surface area (Å²) >= 11 is 5.96. The molecule has 3 aromatic rings. The minimum Gasteiger partial charge on any atom is -0.324 e. The Morgan fingerprint density at radius 3 is 2.56 bits per heavy atom. The van der Waals surface area contributed by atoms with E-state index in [9.17, 15) is 9.59 Å². The van der Waals surface area contributed by atoms with E-state index in [-0.39, 0.29) is 11.5 Å². The molecule has 1 amide bonds. The summed E-state index contributed by atoms with van der Waals surface area (Å²) in [7, 11) is 0. The normalized spacial score (nSPS) is 11.8. The smallest absolute Gasteiger partial charge is 0.267 e. The van der Waals surface area contributed by atoms with Crippen LogP contribution in [0.5, 0.6) is 0 Å². The van der Waals surface area contributed by atoms with Gasteiger partial charge in [0.05, 0.1) is 5.69 Å². The maximum atomic E-state index is 12.7. The molecule has 138 valence electrons. The maximum absolute atomic E-state index is 12.7. The number of amides is 1. The summed E-state index contributed by atoms with van der Waals surface area (Å²) in [6, 6.07) is 17.1. The van der Waals surface area contributed by atoms with Gasteiger partial charge < -0.3 is 5.32 Å². The molecule has 0 aliphatic heterocycles. The zero-order valence-electron chi connectivity index (χ0n) is 15.1. The first kappa shape index (κ1) is 18.9. The molecule has 0 saturated carbocycles. The Morgan fingerprint density at radius 2 is 1.89 bits per heavy atom. The van der Waals surface area contributed by atoms with Crippen molar-refractivity contribution in [2.24, 2.45) is 0 Å². The highest BCUT2D eigenvalue weighted by Gasteiger charge is 2.21. The fourth-order valence-electron chi connectivity index (χ4n) is 2.79. The van der Waals surface area contributed by atoms with Gasteiger partial charge in [0.1, 0.15) is 6.04 Å². The highest BCUT2D eigenvalue weighted by Crippen LogP contribution is 2.20. The van der Waals surface area contributed by atoms with E-state index in [1.54, 1.807) is 30.3 Å². The Bertz CT molecular complexity index is 1010. The van der Waals surface area contributed by atoms with Crippen LogP contribution in [0.2, 0.25) is 5.02 Å². The predicted molar refractivity (Wildman–Crippen MR) is 108 cm³/mol. The minimum atomic E-state index is -0.720. The van der Waals surface area contributed by atoms with Gasteiger partial charge in [0.2, 0.25) is 5.91 Å². The lowest BCUT2D eigenvalue weighted by Crippen LogP contribution is -2.34. The number of benzene rings is 2. The van der Waals surface area contributed by atoms with Gasteiger partial charge in [-0.15, -0.1) is 0 Å². The summed E-state index contributed by atoms with van der Waals surface area (Å²) in [4.78, 5) is 25.1. The summed E-state index contributed by atoms with van der Waals surface area (Å²) in [6.45, 7) is 3.85. The van der Waals surface area contributed by atoms with Gasteiger partial charge in [0, 0.05) is 22.3 Å². The van der Waals surface area contributed by atoms with Crippen LogP contribution in [0.1, 0.15) is 24.9 Å². The van der Waals surface area contributed by atoms with E-state index >= 15 is 0 Å². The van der Waals surface area contributed by atoms with Crippen molar-refractivity contribution >= 4 is 23.2 Å². The molecule has 1 aromatic heterocycles. The third kappa shape index (κ3) is 4.44. The van der Waals surface area contributed by atoms with Gasteiger partial charge in [-0.05, 0) is 37.6 Å². The van der Waals surface area contributed by atoms with Crippen LogP contribution in [0, 0.1) is 6.92 Å². The molecule has 0 aliphatic rings. The van der Waals surface area contributed by atoms with Crippen molar-refractivity contribution in [3.8, 4) is 11.3 Å². The molecule has 2 aromatic carbocycles. The standard InChI is InChI=1S/C21H20ClN3O2/c1-3-19(21(27)23-17-6-4-5-16(22)13-17)25-20(26)12-11-18(24-25)15-9-7-14(2)8-10-15/h4-13,19H,3H2,1-2H3,(H,23,27)/t19-/m0/s1. The summed E-state index contributed by atoms with van der Waals surface area (Å²) in [6.07, 6.45) is 0.427. The van der Waals surface area contributed by atoms with Crippen LogP contribution >= 0.6 is 11.6 Å². The molecule has 0 radical (unpaired) electrons. The molecule has 0 saturated heterocycles. The quantitative estimate of drug-likeness (QED) is 0.709. The summed E-state index contributed by atoms with van der Waals surface area (Å²) in [5, 5.41) is 7.77. The van der Waals surface area contributed by atoms with Gasteiger partial charge in [-0.3, -0.25) is 9.59 Å². The van der Waals surface area contributed by atoms with E-state index in [0.717, 1.165) is 11.1 Å². The molecule has 6 heteroatoms. The van der Waals surface area contributed by atoms with E-state index in [0.29, 0.717) is 22.8 Å². The molecule has 0 spiro atoms. The zero-order valence-corrected chi connectivity index (χ0v) is 15.9. The van der Waals surface area contributed by atoms with Crippen LogP contribution in [0.4, 0.5) is 5.69 Å². The first-order valence-electron chi connectivity index (χ1n) is 8.71. The Hall–Kier alpha value is -2.92. The predicted octanol–water partition coefficient (Wildman–Crippen LogP) is 4.46. The third-order valence-corrected chi connectivity index (χ3v) is 4.48. The van der Waals surface area contributed by atoms with Gasteiger partial charge in [-0.1, -0.05) is 54.4 Å². The van der Waals surface area contributed by atoms with Crippen molar-refractivity contribution in [2.45, 2.75) is 26.3 Å². The van der Waals surface area contributed by atoms with E-state index < -0.39 is 6.04 Å². The number of carbonyl (C=O) groups is 1. The number of nitrogens with zero attached hydrogens (tertiary/aromatic N) is 2. The number of carbonyl (C=O) groups excluding carboxylic acids is 1. The fourth-order valence-corrected chi connectivity index (χ4v) is 2.98.